The average Bonchev–Trinajstić information content (AvgIpc) is 3.12. The molecule has 2 unspecified atom stereocenters. The van der Waals surface area contributed by atoms with E-state index in [2.05, 4.69) is 51.8 Å². The van der Waals surface area contributed by atoms with E-state index in [-0.39, 0.29) is 5.82 Å². The van der Waals surface area contributed by atoms with Crippen LogP contribution in [0.3, 0.4) is 0 Å². The predicted molar refractivity (Wildman–Crippen MR) is 104 cm³/mol. The molecular weight excluding hydrogens is 327 g/mol. The number of hydrogen-bond donors (Lipinski definition) is 2. The summed E-state index contributed by atoms with van der Waals surface area (Å²) in [5, 5.41) is 0. The van der Waals surface area contributed by atoms with Gasteiger partial charge in [-0.2, -0.15) is 0 Å². The van der Waals surface area contributed by atoms with Crippen LogP contribution in [0, 0.1) is 18.7 Å². The van der Waals surface area contributed by atoms with Crippen LogP contribution in [0.25, 0.3) is 0 Å². The lowest BCUT2D eigenvalue weighted by Gasteiger charge is -2.37. The van der Waals surface area contributed by atoms with Crippen LogP contribution in [0.5, 0.6) is 0 Å². The number of piperazine rings is 1. The summed E-state index contributed by atoms with van der Waals surface area (Å²) < 4.78 is 14.0. The van der Waals surface area contributed by atoms with Crippen LogP contribution in [-0.2, 0) is 0 Å². The fraction of sp³-hybridized carbons (Fsp3) is 0.429. The van der Waals surface area contributed by atoms with Crippen molar-refractivity contribution >= 4 is 5.69 Å². The van der Waals surface area contributed by atoms with E-state index in [4.69, 9.17) is 0 Å². The van der Waals surface area contributed by atoms with Gasteiger partial charge >= 0.3 is 0 Å². The number of para-hydroxylation sites is 1. The normalized spacial score (nSPS) is 24.2. The molecule has 4 nitrogen and oxygen atoms in total. The van der Waals surface area contributed by atoms with E-state index in [0.29, 0.717) is 12.0 Å². The molecule has 0 radical (unpaired) electrons. The van der Waals surface area contributed by atoms with E-state index in [9.17, 15) is 4.39 Å². The standard InChI is InChI=1S/C21H27FN4/c1-16-6-8-17(9-7-16)21-18(14-23-24-21)15-25-10-12-26(13-11-25)20-5-3-2-4-19(20)22/h2-9,18,21,23-24H,10-15H2,1H3. The molecule has 0 saturated carbocycles. The molecule has 138 valence electrons. The number of hydrogen-bond acceptors (Lipinski definition) is 4. The maximum absolute atomic E-state index is 14.0. The highest BCUT2D eigenvalue weighted by atomic mass is 19.1. The van der Waals surface area contributed by atoms with Crippen LogP contribution < -0.4 is 15.8 Å². The minimum atomic E-state index is -0.121. The predicted octanol–water partition coefficient (Wildman–Crippen LogP) is 2.72. The molecular formula is C21H27FN4. The summed E-state index contributed by atoms with van der Waals surface area (Å²) in [7, 11) is 0. The Bertz CT molecular complexity index is 725. The second-order valence-corrected chi connectivity index (χ2v) is 7.41. The lowest BCUT2D eigenvalue weighted by molar-refractivity contribution is 0.214. The fourth-order valence-corrected chi connectivity index (χ4v) is 4.05. The van der Waals surface area contributed by atoms with Crippen LogP contribution in [0.15, 0.2) is 48.5 Å². The summed E-state index contributed by atoms with van der Waals surface area (Å²) in [5.74, 6) is 0.419. The van der Waals surface area contributed by atoms with Gasteiger partial charge in [0, 0.05) is 45.2 Å². The van der Waals surface area contributed by atoms with Crippen molar-refractivity contribution in [2.75, 3.05) is 44.2 Å². The number of nitrogens with zero attached hydrogens (tertiary/aromatic N) is 2. The van der Waals surface area contributed by atoms with Crippen molar-refractivity contribution in [1.82, 2.24) is 15.8 Å². The molecule has 2 aliphatic rings. The van der Waals surface area contributed by atoms with E-state index < -0.39 is 0 Å². The first-order valence-corrected chi connectivity index (χ1v) is 9.47. The van der Waals surface area contributed by atoms with E-state index >= 15 is 0 Å². The molecule has 0 aliphatic carbocycles. The Morgan fingerprint density at radius 2 is 1.73 bits per heavy atom. The Morgan fingerprint density at radius 1 is 1.00 bits per heavy atom. The zero-order valence-corrected chi connectivity index (χ0v) is 15.3. The molecule has 4 rings (SSSR count). The van der Waals surface area contributed by atoms with Gasteiger partial charge in [0.2, 0.25) is 0 Å². The lowest BCUT2D eigenvalue weighted by Crippen LogP contribution is -2.48. The second-order valence-electron chi connectivity index (χ2n) is 7.41. The summed E-state index contributed by atoms with van der Waals surface area (Å²) in [6.07, 6.45) is 0. The smallest absolute Gasteiger partial charge is 0.146 e. The number of anilines is 1. The zero-order valence-electron chi connectivity index (χ0n) is 15.3. The van der Waals surface area contributed by atoms with Crippen molar-refractivity contribution in [2.24, 2.45) is 5.92 Å². The maximum atomic E-state index is 14.0. The van der Waals surface area contributed by atoms with E-state index in [1.165, 1.54) is 11.1 Å². The molecule has 2 heterocycles. The Morgan fingerprint density at radius 3 is 2.46 bits per heavy atom. The first-order valence-electron chi connectivity index (χ1n) is 9.47. The summed E-state index contributed by atoms with van der Waals surface area (Å²) in [4.78, 5) is 4.67. The van der Waals surface area contributed by atoms with Gasteiger partial charge in [0.25, 0.3) is 0 Å². The number of hydrazine groups is 1. The van der Waals surface area contributed by atoms with Gasteiger partial charge < -0.3 is 4.90 Å². The highest BCUT2D eigenvalue weighted by molar-refractivity contribution is 5.48. The van der Waals surface area contributed by atoms with E-state index in [1.54, 1.807) is 12.1 Å². The molecule has 0 bridgehead atoms. The number of halogens is 1. The average molecular weight is 354 g/mol. The van der Waals surface area contributed by atoms with Crippen molar-refractivity contribution in [2.45, 2.75) is 13.0 Å². The van der Waals surface area contributed by atoms with Crippen LogP contribution in [0.4, 0.5) is 10.1 Å². The Hall–Kier alpha value is -1.95. The molecule has 26 heavy (non-hydrogen) atoms. The Labute approximate surface area is 155 Å². The van der Waals surface area contributed by atoms with Gasteiger partial charge in [0.05, 0.1) is 11.7 Å². The first kappa shape index (κ1) is 17.5. The topological polar surface area (TPSA) is 30.5 Å². The van der Waals surface area contributed by atoms with Gasteiger partial charge in [0.1, 0.15) is 5.82 Å². The van der Waals surface area contributed by atoms with Crippen molar-refractivity contribution in [1.29, 1.82) is 0 Å². The number of nitrogens with one attached hydrogen (secondary N) is 2. The molecule has 2 N–H and O–H groups in total. The third-order valence-electron chi connectivity index (χ3n) is 5.59. The zero-order chi connectivity index (χ0) is 17.9. The molecule has 2 atom stereocenters. The van der Waals surface area contributed by atoms with Crippen LogP contribution >= 0.6 is 0 Å². The highest BCUT2D eigenvalue weighted by Gasteiger charge is 2.31. The lowest BCUT2D eigenvalue weighted by atomic mass is 9.93. The van der Waals surface area contributed by atoms with Crippen molar-refractivity contribution in [3.63, 3.8) is 0 Å². The fourth-order valence-electron chi connectivity index (χ4n) is 4.05. The van der Waals surface area contributed by atoms with Crippen molar-refractivity contribution < 1.29 is 4.39 Å². The van der Waals surface area contributed by atoms with E-state index in [0.717, 1.165) is 45.0 Å². The molecule has 0 amide bonds. The highest BCUT2D eigenvalue weighted by Crippen LogP contribution is 2.27. The third kappa shape index (κ3) is 3.75. The van der Waals surface area contributed by atoms with Crippen molar-refractivity contribution in [3.05, 3.63) is 65.5 Å². The Kier molecular flexibility index (Phi) is 5.20. The van der Waals surface area contributed by atoms with Crippen LogP contribution in [0.1, 0.15) is 17.2 Å². The monoisotopic (exact) mass is 354 g/mol. The molecule has 5 heteroatoms. The van der Waals surface area contributed by atoms with Gasteiger partial charge in [-0.3, -0.25) is 10.3 Å². The van der Waals surface area contributed by atoms with Gasteiger partial charge in [-0.05, 0) is 24.6 Å². The largest absolute Gasteiger partial charge is 0.367 e. The summed E-state index contributed by atoms with van der Waals surface area (Å²) in [5.41, 5.74) is 10.1. The van der Waals surface area contributed by atoms with Gasteiger partial charge in [-0.1, -0.05) is 42.0 Å². The van der Waals surface area contributed by atoms with Gasteiger partial charge in [-0.25, -0.2) is 9.82 Å². The SMILES string of the molecule is Cc1ccc(C2NNCC2CN2CCN(c3ccccc3F)CC2)cc1. The summed E-state index contributed by atoms with van der Waals surface area (Å²) in [6.45, 7) is 7.87. The molecule has 2 fully saturated rings. The number of benzene rings is 2. The van der Waals surface area contributed by atoms with Crippen LogP contribution in [0.2, 0.25) is 0 Å². The summed E-state index contributed by atoms with van der Waals surface area (Å²) >= 11 is 0. The van der Waals surface area contributed by atoms with Gasteiger partial charge in [-0.15, -0.1) is 0 Å². The quantitative estimate of drug-likeness (QED) is 0.884. The third-order valence-corrected chi connectivity index (χ3v) is 5.59. The number of aryl methyl sites for hydroxylation is 1. The maximum Gasteiger partial charge on any atom is 0.146 e. The molecule has 2 aliphatic heterocycles. The minimum absolute atomic E-state index is 0.121. The molecule has 2 saturated heterocycles. The minimum Gasteiger partial charge on any atom is -0.367 e. The Balaban J connectivity index is 1.35. The van der Waals surface area contributed by atoms with Crippen LogP contribution in [-0.4, -0.2) is 44.2 Å². The van der Waals surface area contributed by atoms with Crippen molar-refractivity contribution in [3.8, 4) is 0 Å². The second kappa shape index (κ2) is 7.74. The van der Waals surface area contributed by atoms with E-state index in [1.807, 2.05) is 12.1 Å². The molecule has 0 spiro atoms. The first-order chi connectivity index (χ1) is 12.7. The summed E-state index contributed by atoms with van der Waals surface area (Å²) in [6, 6.07) is 16.2. The molecule has 2 aromatic carbocycles. The molecule has 0 aromatic heterocycles. The molecule has 2 aromatic rings. The van der Waals surface area contributed by atoms with Gasteiger partial charge in [0.15, 0.2) is 0 Å². The number of rotatable bonds is 4.